The second-order valence-electron chi connectivity index (χ2n) is 14.5. The molecule has 1 heterocycles. The molecule has 0 spiro atoms. The highest BCUT2D eigenvalue weighted by Gasteiger charge is 2.27. The van der Waals surface area contributed by atoms with Gasteiger partial charge in [0.15, 0.2) is 0 Å². The second kappa shape index (κ2) is 14.0. The van der Waals surface area contributed by atoms with Gasteiger partial charge in [-0.25, -0.2) is 4.98 Å². The van der Waals surface area contributed by atoms with E-state index in [0.29, 0.717) is 0 Å². The lowest BCUT2D eigenvalue weighted by Crippen LogP contribution is -2.20. The van der Waals surface area contributed by atoms with Crippen LogP contribution in [0, 0.1) is 0 Å². The molecule has 0 saturated carbocycles. The van der Waals surface area contributed by atoms with Crippen LogP contribution in [-0.2, 0) is 5.41 Å². The van der Waals surface area contributed by atoms with Gasteiger partial charge in [-0.05, 0) is 93.2 Å². The molecule has 0 fully saturated rings. The predicted molar refractivity (Wildman–Crippen MR) is 229 cm³/mol. The lowest BCUT2D eigenvalue weighted by Gasteiger charge is -2.31. The Hall–Kier alpha value is -6.77. The maximum atomic E-state index is 5.43. The Bertz CT molecular complexity index is 2720. The zero-order valence-electron chi connectivity index (χ0n) is 30.5. The minimum Gasteiger partial charge on any atom is -0.310 e. The Morgan fingerprint density at radius 1 is 0.370 bits per heavy atom. The first-order chi connectivity index (χ1) is 26.5. The molecule has 1 aromatic heterocycles. The van der Waals surface area contributed by atoms with Crippen LogP contribution in [0.5, 0.6) is 0 Å². The Morgan fingerprint density at radius 2 is 0.944 bits per heavy atom. The van der Waals surface area contributed by atoms with Crippen molar-refractivity contribution >= 4 is 38.7 Å². The molecule has 2 nitrogen and oxygen atoms in total. The molecule has 2 heteroatoms. The quantitative estimate of drug-likeness (QED) is 0.158. The summed E-state index contributed by atoms with van der Waals surface area (Å²) in [5.41, 5.74) is 13.1. The van der Waals surface area contributed by atoms with Gasteiger partial charge >= 0.3 is 0 Å². The van der Waals surface area contributed by atoms with Gasteiger partial charge in [0.2, 0.25) is 0 Å². The summed E-state index contributed by atoms with van der Waals surface area (Å²) in [6.07, 6.45) is 0. The van der Waals surface area contributed by atoms with E-state index in [2.05, 4.69) is 225 Å². The van der Waals surface area contributed by atoms with Crippen molar-refractivity contribution in [1.82, 2.24) is 4.98 Å². The molecule has 9 rings (SSSR count). The number of hydrogen-bond donors (Lipinski definition) is 0. The van der Waals surface area contributed by atoms with Crippen molar-refractivity contribution in [2.45, 2.75) is 19.3 Å². The summed E-state index contributed by atoms with van der Waals surface area (Å²) in [6, 6.07) is 74.2. The molecule has 0 saturated heterocycles. The van der Waals surface area contributed by atoms with Crippen LogP contribution in [0.15, 0.2) is 206 Å². The second-order valence-corrected chi connectivity index (χ2v) is 14.5. The highest BCUT2D eigenvalue weighted by molar-refractivity contribution is 5.94. The number of para-hydroxylation sites is 1. The highest BCUT2D eigenvalue weighted by atomic mass is 15.1. The van der Waals surface area contributed by atoms with Gasteiger partial charge in [-0.3, -0.25) is 0 Å². The number of rotatable bonds is 8. The van der Waals surface area contributed by atoms with E-state index >= 15 is 0 Å². The molecule has 0 aliphatic rings. The molecule has 0 aliphatic carbocycles. The molecule has 0 radical (unpaired) electrons. The summed E-state index contributed by atoms with van der Waals surface area (Å²) in [7, 11) is 0. The SMILES string of the molecule is CC(C)(c1ccccc1)c1cc(-c2nc3ccccc3cc2-c2ccccc2)cc(N(c2ccc(-c3ccccc3)cc2)c2ccc3ccccc3c2)c1. The third-order valence-corrected chi connectivity index (χ3v) is 10.7. The van der Waals surface area contributed by atoms with Gasteiger partial charge in [-0.1, -0.05) is 166 Å². The fraction of sp³-hybridized carbons (Fsp3) is 0.0577. The van der Waals surface area contributed by atoms with Gasteiger partial charge in [0.1, 0.15) is 0 Å². The molecule has 54 heavy (non-hydrogen) atoms. The molecule has 0 amide bonds. The van der Waals surface area contributed by atoms with Gasteiger partial charge in [0.05, 0.1) is 11.2 Å². The van der Waals surface area contributed by atoms with Crippen molar-refractivity contribution in [3.8, 4) is 33.5 Å². The van der Waals surface area contributed by atoms with Crippen LogP contribution in [0.4, 0.5) is 17.1 Å². The molecular formula is C52H40N2. The van der Waals surface area contributed by atoms with Crippen molar-refractivity contribution in [3.05, 3.63) is 217 Å². The zero-order valence-corrected chi connectivity index (χ0v) is 30.5. The first kappa shape index (κ1) is 33.1. The van der Waals surface area contributed by atoms with Gasteiger partial charge < -0.3 is 4.90 Å². The van der Waals surface area contributed by atoms with Gasteiger partial charge in [0.25, 0.3) is 0 Å². The monoisotopic (exact) mass is 692 g/mol. The van der Waals surface area contributed by atoms with E-state index in [-0.39, 0.29) is 5.41 Å². The molecule has 258 valence electrons. The standard InChI is InChI=1S/C52H40N2/c1-52(2,44-23-10-5-11-24-44)45-32-43(51-49(40-19-8-4-9-20-40)35-42-22-14-15-25-50(42)53-51)34-48(36-45)54(47-31-28-38-18-12-13-21-41(38)33-47)46-29-26-39(27-30-46)37-16-6-3-7-17-37/h3-36H,1-2H3. The third-order valence-electron chi connectivity index (χ3n) is 10.7. The lowest BCUT2D eigenvalue weighted by atomic mass is 9.77. The molecule has 9 aromatic rings. The smallest absolute Gasteiger partial charge is 0.0788 e. The Labute approximate surface area is 317 Å². The summed E-state index contributed by atoms with van der Waals surface area (Å²) < 4.78 is 0. The highest BCUT2D eigenvalue weighted by Crippen LogP contribution is 2.44. The number of aromatic nitrogens is 1. The molecule has 0 unspecified atom stereocenters. The van der Waals surface area contributed by atoms with Crippen LogP contribution in [-0.4, -0.2) is 4.98 Å². The van der Waals surface area contributed by atoms with Crippen molar-refractivity contribution in [2.24, 2.45) is 0 Å². The Kier molecular flexibility index (Phi) is 8.57. The van der Waals surface area contributed by atoms with Crippen molar-refractivity contribution in [2.75, 3.05) is 4.90 Å². The summed E-state index contributed by atoms with van der Waals surface area (Å²) in [4.78, 5) is 7.83. The number of nitrogens with zero attached hydrogens (tertiary/aromatic N) is 2. The topological polar surface area (TPSA) is 16.1 Å². The summed E-state index contributed by atoms with van der Waals surface area (Å²) >= 11 is 0. The normalized spacial score (nSPS) is 11.5. The molecule has 0 N–H and O–H groups in total. The van der Waals surface area contributed by atoms with Crippen LogP contribution in [0.2, 0.25) is 0 Å². The van der Waals surface area contributed by atoms with Gasteiger partial charge in [0, 0.05) is 39.0 Å². The molecular weight excluding hydrogens is 653 g/mol. The number of pyridine rings is 1. The summed E-state index contributed by atoms with van der Waals surface area (Å²) in [6.45, 7) is 4.65. The van der Waals surface area contributed by atoms with Crippen molar-refractivity contribution < 1.29 is 0 Å². The van der Waals surface area contributed by atoms with Crippen LogP contribution in [0.25, 0.3) is 55.2 Å². The number of hydrogen-bond acceptors (Lipinski definition) is 2. The average Bonchev–Trinajstić information content (AvgIpc) is 3.24. The minimum absolute atomic E-state index is 0.304. The van der Waals surface area contributed by atoms with Crippen molar-refractivity contribution in [3.63, 3.8) is 0 Å². The molecule has 0 atom stereocenters. The van der Waals surface area contributed by atoms with E-state index in [1.165, 1.54) is 33.0 Å². The Balaban J connectivity index is 1.31. The fourth-order valence-corrected chi connectivity index (χ4v) is 7.63. The Morgan fingerprint density at radius 3 is 1.67 bits per heavy atom. The first-order valence-electron chi connectivity index (χ1n) is 18.6. The van der Waals surface area contributed by atoms with Crippen LogP contribution < -0.4 is 4.90 Å². The molecule has 0 aliphatic heterocycles. The van der Waals surface area contributed by atoms with Gasteiger partial charge in [-0.2, -0.15) is 0 Å². The van der Waals surface area contributed by atoms with Gasteiger partial charge in [-0.15, -0.1) is 0 Å². The fourth-order valence-electron chi connectivity index (χ4n) is 7.63. The largest absolute Gasteiger partial charge is 0.310 e. The summed E-state index contributed by atoms with van der Waals surface area (Å²) in [5, 5.41) is 3.54. The van der Waals surface area contributed by atoms with E-state index in [4.69, 9.17) is 4.98 Å². The zero-order chi connectivity index (χ0) is 36.5. The first-order valence-corrected chi connectivity index (χ1v) is 18.6. The average molecular weight is 693 g/mol. The van der Waals surface area contributed by atoms with Crippen LogP contribution in [0.1, 0.15) is 25.0 Å². The lowest BCUT2D eigenvalue weighted by molar-refractivity contribution is 0.641. The maximum Gasteiger partial charge on any atom is 0.0788 e. The maximum absolute atomic E-state index is 5.43. The minimum atomic E-state index is -0.304. The third kappa shape index (κ3) is 6.33. The van der Waals surface area contributed by atoms with Crippen molar-refractivity contribution in [1.29, 1.82) is 0 Å². The number of anilines is 3. The number of fused-ring (bicyclic) bond motifs is 2. The predicted octanol–water partition coefficient (Wildman–Crippen LogP) is 14.2. The van der Waals surface area contributed by atoms with E-state index in [0.717, 1.165) is 50.3 Å². The van der Waals surface area contributed by atoms with E-state index < -0.39 is 0 Å². The van der Waals surface area contributed by atoms with Crippen LogP contribution in [0.3, 0.4) is 0 Å². The van der Waals surface area contributed by atoms with E-state index in [9.17, 15) is 0 Å². The van der Waals surface area contributed by atoms with E-state index in [1.54, 1.807) is 0 Å². The summed E-state index contributed by atoms with van der Waals surface area (Å²) in [5.74, 6) is 0. The van der Waals surface area contributed by atoms with E-state index in [1.807, 2.05) is 0 Å². The molecule has 0 bridgehead atoms. The number of benzene rings is 8. The van der Waals surface area contributed by atoms with Crippen LogP contribution >= 0.6 is 0 Å². The molecule has 8 aromatic carbocycles.